The molecule has 0 saturated carbocycles. The van der Waals surface area contributed by atoms with Gasteiger partial charge in [-0.3, -0.25) is 10.1 Å². The Morgan fingerprint density at radius 3 is 2.80 bits per heavy atom. The molecule has 0 fully saturated rings. The van der Waals surface area contributed by atoms with E-state index in [1.807, 2.05) is 0 Å². The molecule has 0 saturated heterocycles. The number of nitro groups is 1. The monoisotopic (exact) mass is 295 g/mol. The number of hydrogen-bond donors (Lipinski definition) is 0. The molecule has 0 aliphatic carbocycles. The molecule has 1 heterocycles. The van der Waals surface area contributed by atoms with Crippen molar-refractivity contribution in [3.05, 3.63) is 51.4 Å². The summed E-state index contributed by atoms with van der Waals surface area (Å²) in [6, 6.07) is 7.37. The third kappa shape index (κ3) is 3.40. The highest BCUT2D eigenvalue weighted by Crippen LogP contribution is 2.30. The van der Waals surface area contributed by atoms with Crippen LogP contribution in [0.1, 0.15) is 5.82 Å². The van der Waals surface area contributed by atoms with Crippen LogP contribution in [0.5, 0.6) is 11.6 Å². The number of para-hydroxylation sites is 2. The molecular weight excluding hydrogens is 286 g/mol. The van der Waals surface area contributed by atoms with Crippen LogP contribution in [0.25, 0.3) is 0 Å². The van der Waals surface area contributed by atoms with Gasteiger partial charge in [0.25, 0.3) is 0 Å². The standard InChI is InChI=1S/C12H10ClN3O4/c1-19-7-11-14-10(13)6-12(15-11)20-9-5-3-2-4-8(9)16(17)18/h2-6H,7H2,1H3. The second-order valence-electron chi connectivity index (χ2n) is 3.71. The summed E-state index contributed by atoms with van der Waals surface area (Å²) >= 11 is 5.83. The fourth-order valence-corrected chi connectivity index (χ4v) is 1.69. The lowest BCUT2D eigenvalue weighted by molar-refractivity contribution is -0.385. The van der Waals surface area contributed by atoms with E-state index < -0.39 is 4.92 Å². The molecule has 7 nitrogen and oxygen atoms in total. The third-order valence-electron chi connectivity index (χ3n) is 2.27. The Bertz CT molecular complexity index is 636. The van der Waals surface area contributed by atoms with Crippen LogP contribution in [0, 0.1) is 10.1 Å². The van der Waals surface area contributed by atoms with Crippen molar-refractivity contribution < 1.29 is 14.4 Å². The largest absolute Gasteiger partial charge is 0.432 e. The molecule has 2 aromatic rings. The number of halogens is 1. The van der Waals surface area contributed by atoms with Crippen LogP contribution in [0.3, 0.4) is 0 Å². The molecule has 0 amide bonds. The Balaban J connectivity index is 2.32. The van der Waals surface area contributed by atoms with Crippen molar-refractivity contribution in [1.82, 2.24) is 9.97 Å². The lowest BCUT2D eigenvalue weighted by atomic mass is 10.3. The van der Waals surface area contributed by atoms with E-state index in [0.717, 1.165) is 0 Å². The number of nitrogens with zero attached hydrogens (tertiary/aromatic N) is 3. The first-order valence-corrected chi connectivity index (χ1v) is 5.91. The van der Waals surface area contributed by atoms with Gasteiger partial charge in [-0.05, 0) is 6.07 Å². The van der Waals surface area contributed by atoms with Crippen LogP contribution in [-0.4, -0.2) is 22.0 Å². The van der Waals surface area contributed by atoms with Crippen molar-refractivity contribution in [2.75, 3.05) is 7.11 Å². The number of rotatable bonds is 5. The molecule has 0 aliphatic rings. The van der Waals surface area contributed by atoms with E-state index in [1.54, 1.807) is 12.1 Å². The van der Waals surface area contributed by atoms with Crippen LogP contribution in [0.4, 0.5) is 5.69 Å². The number of benzene rings is 1. The van der Waals surface area contributed by atoms with E-state index in [9.17, 15) is 10.1 Å². The fraction of sp³-hybridized carbons (Fsp3) is 0.167. The molecule has 0 unspecified atom stereocenters. The predicted octanol–water partition coefficient (Wildman–Crippen LogP) is 2.98. The fourth-order valence-electron chi connectivity index (χ4n) is 1.49. The second-order valence-corrected chi connectivity index (χ2v) is 4.09. The summed E-state index contributed by atoms with van der Waals surface area (Å²) in [5, 5.41) is 11.1. The zero-order valence-electron chi connectivity index (χ0n) is 10.4. The highest BCUT2D eigenvalue weighted by atomic mass is 35.5. The first kappa shape index (κ1) is 14.2. The summed E-state index contributed by atoms with van der Waals surface area (Å²) in [6.07, 6.45) is 0. The van der Waals surface area contributed by atoms with E-state index in [-0.39, 0.29) is 29.1 Å². The average molecular weight is 296 g/mol. The van der Waals surface area contributed by atoms with Gasteiger partial charge in [0.1, 0.15) is 11.8 Å². The molecule has 0 atom stereocenters. The van der Waals surface area contributed by atoms with Gasteiger partial charge in [0.15, 0.2) is 5.82 Å². The Morgan fingerprint density at radius 2 is 2.10 bits per heavy atom. The van der Waals surface area contributed by atoms with Gasteiger partial charge in [0, 0.05) is 19.2 Å². The number of methoxy groups -OCH3 is 1. The van der Waals surface area contributed by atoms with Crippen LogP contribution < -0.4 is 4.74 Å². The van der Waals surface area contributed by atoms with Crippen molar-refractivity contribution in [2.24, 2.45) is 0 Å². The smallest absolute Gasteiger partial charge is 0.311 e. The predicted molar refractivity (Wildman–Crippen MR) is 70.9 cm³/mol. The number of aromatic nitrogens is 2. The first-order chi connectivity index (χ1) is 9.60. The molecule has 0 aliphatic heterocycles. The molecule has 1 aromatic heterocycles. The average Bonchev–Trinajstić information content (AvgIpc) is 2.38. The van der Waals surface area contributed by atoms with Gasteiger partial charge in [0.05, 0.1) is 4.92 Å². The lowest BCUT2D eigenvalue weighted by Gasteiger charge is -2.07. The summed E-state index contributed by atoms with van der Waals surface area (Å²) < 4.78 is 10.3. The molecule has 0 bridgehead atoms. The molecule has 0 N–H and O–H groups in total. The Hall–Kier alpha value is -2.25. The van der Waals surface area contributed by atoms with Crippen molar-refractivity contribution in [1.29, 1.82) is 0 Å². The quantitative estimate of drug-likeness (QED) is 0.479. The molecule has 104 valence electrons. The van der Waals surface area contributed by atoms with Gasteiger partial charge in [-0.2, -0.15) is 4.98 Å². The lowest BCUT2D eigenvalue weighted by Crippen LogP contribution is -2.00. The van der Waals surface area contributed by atoms with Crippen LogP contribution in [-0.2, 0) is 11.3 Å². The van der Waals surface area contributed by atoms with E-state index in [1.165, 1.54) is 25.3 Å². The molecule has 8 heteroatoms. The minimum absolute atomic E-state index is 0.0793. The van der Waals surface area contributed by atoms with E-state index in [0.29, 0.717) is 5.82 Å². The van der Waals surface area contributed by atoms with Gasteiger partial charge in [0.2, 0.25) is 11.6 Å². The third-order valence-corrected chi connectivity index (χ3v) is 2.46. The summed E-state index contributed by atoms with van der Waals surface area (Å²) in [7, 11) is 1.49. The summed E-state index contributed by atoms with van der Waals surface area (Å²) in [5.74, 6) is 0.524. The van der Waals surface area contributed by atoms with Crippen LogP contribution >= 0.6 is 11.6 Å². The van der Waals surface area contributed by atoms with Gasteiger partial charge >= 0.3 is 5.69 Å². The van der Waals surface area contributed by atoms with Crippen molar-refractivity contribution in [3.63, 3.8) is 0 Å². The Morgan fingerprint density at radius 1 is 1.35 bits per heavy atom. The molecule has 1 aromatic carbocycles. The number of nitro benzene ring substituents is 1. The number of hydrogen-bond acceptors (Lipinski definition) is 6. The maximum atomic E-state index is 10.9. The highest BCUT2D eigenvalue weighted by molar-refractivity contribution is 6.29. The molecule has 20 heavy (non-hydrogen) atoms. The molecule has 0 spiro atoms. The Labute approximate surface area is 119 Å². The SMILES string of the molecule is COCc1nc(Cl)cc(Oc2ccccc2[N+](=O)[O-])n1. The number of ether oxygens (including phenoxy) is 2. The minimum atomic E-state index is -0.534. The summed E-state index contributed by atoms with van der Waals surface area (Å²) in [6.45, 7) is 0.161. The van der Waals surface area contributed by atoms with E-state index in [4.69, 9.17) is 21.1 Å². The van der Waals surface area contributed by atoms with Gasteiger partial charge in [-0.25, -0.2) is 4.98 Å². The molecule has 0 radical (unpaired) electrons. The zero-order valence-corrected chi connectivity index (χ0v) is 11.2. The van der Waals surface area contributed by atoms with Gasteiger partial charge < -0.3 is 9.47 Å². The normalized spacial score (nSPS) is 10.3. The zero-order chi connectivity index (χ0) is 14.5. The van der Waals surface area contributed by atoms with Crippen LogP contribution in [0.15, 0.2) is 30.3 Å². The second kappa shape index (κ2) is 6.27. The van der Waals surface area contributed by atoms with Gasteiger partial charge in [-0.1, -0.05) is 23.7 Å². The first-order valence-electron chi connectivity index (χ1n) is 5.54. The topological polar surface area (TPSA) is 87.4 Å². The van der Waals surface area contributed by atoms with E-state index in [2.05, 4.69) is 9.97 Å². The highest BCUT2D eigenvalue weighted by Gasteiger charge is 2.15. The maximum Gasteiger partial charge on any atom is 0.311 e. The minimum Gasteiger partial charge on any atom is -0.432 e. The van der Waals surface area contributed by atoms with Crippen molar-refractivity contribution >= 4 is 17.3 Å². The Kier molecular flexibility index (Phi) is 4.44. The van der Waals surface area contributed by atoms with E-state index >= 15 is 0 Å². The summed E-state index contributed by atoms with van der Waals surface area (Å²) in [4.78, 5) is 18.4. The van der Waals surface area contributed by atoms with Gasteiger partial charge in [-0.15, -0.1) is 0 Å². The maximum absolute atomic E-state index is 10.9. The molecular formula is C12H10ClN3O4. The van der Waals surface area contributed by atoms with Crippen molar-refractivity contribution in [3.8, 4) is 11.6 Å². The summed E-state index contributed by atoms with van der Waals surface area (Å²) in [5.41, 5.74) is -0.157. The molecule has 2 rings (SSSR count). The van der Waals surface area contributed by atoms with Crippen molar-refractivity contribution in [2.45, 2.75) is 6.61 Å². The van der Waals surface area contributed by atoms with Crippen LogP contribution in [0.2, 0.25) is 5.15 Å².